The number of hydrogen-bond donors (Lipinski definition) is 9. The SMILES string of the molecule is C[C@@H](O)[C@H](NC(=O)[C@H](CO)NC(=O)[C@H](CCC(N)=O)NC(=O)[C@@H](N)CC(N)=O)C(=O)O. The Balaban J connectivity index is 5.32. The number of aliphatic hydroxyl groups is 2. The van der Waals surface area contributed by atoms with Gasteiger partial charge in [-0.25, -0.2) is 4.79 Å². The van der Waals surface area contributed by atoms with E-state index in [0.717, 1.165) is 6.92 Å². The Kier molecular flexibility index (Phi) is 11.7. The minimum atomic E-state index is -1.71. The average Bonchev–Trinajstić information content (AvgIpc) is 2.65. The summed E-state index contributed by atoms with van der Waals surface area (Å²) in [6.45, 7) is 0.151. The van der Waals surface area contributed by atoms with E-state index < -0.39 is 78.8 Å². The largest absolute Gasteiger partial charge is 0.480 e. The fourth-order valence-electron chi connectivity index (χ4n) is 2.25. The Bertz CT molecular complexity index is 699. The van der Waals surface area contributed by atoms with Gasteiger partial charge in [0.2, 0.25) is 29.5 Å². The lowest BCUT2D eigenvalue weighted by Gasteiger charge is -2.24. The zero-order chi connectivity index (χ0) is 24.3. The van der Waals surface area contributed by atoms with Gasteiger partial charge in [-0.15, -0.1) is 0 Å². The summed E-state index contributed by atoms with van der Waals surface area (Å²) in [7, 11) is 0. The third-order valence-corrected chi connectivity index (χ3v) is 3.93. The summed E-state index contributed by atoms with van der Waals surface area (Å²) < 4.78 is 0. The molecule has 0 fully saturated rings. The molecule has 0 saturated carbocycles. The fourth-order valence-corrected chi connectivity index (χ4v) is 2.25. The normalized spacial score (nSPS) is 15.5. The van der Waals surface area contributed by atoms with Crippen molar-refractivity contribution in [2.75, 3.05) is 6.61 Å². The Morgan fingerprint density at radius 3 is 1.81 bits per heavy atom. The Hall–Kier alpha value is -3.30. The van der Waals surface area contributed by atoms with Crippen molar-refractivity contribution >= 4 is 35.5 Å². The molecule has 0 aliphatic carbocycles. The van der Waals surface area contributed by atoms with Crippen molar-refractivity contribution in [2.24, 2.45) is 17.2 Å². The molecular formula is C16H28N6O9. The number of hydrogen-bond acceptors (Lipinski definition) is 9. The van der Waals surface area contributed by atoms with Crippen LogP contribution in [0.1, 0.15) is 26.2 Å². The van der Waals surface area contributed by atoms with Gasteiger partial charge in [-0.3, -0.25) is 24.0 Å². The zero-order valence-electron chi connectivity index (χ0n) is 16.7. The van der Waals surface area contributed by atoms with Gasteiger partial charge in [0.1, 0.15) is 12.1 Å². The quantitative estimate of drug-likeness (QED) is 0.121. The molecule has 0 rings (SSSR count). The standard InChI is InChI=1S/C16H28N6O9/c1-6(24)12(16(30)31)22-15(29)9(5-23)21-14(28)8(2-3-10(18)25)20-13(27)7(17)4-11(19)26/h6-9,12,23-24H,2-5,17H2,1H3,(H2,18,25)(H2,19,26)(H,20,27)(H,21,28)(H,22,29)(H,30,31)/t6-,7+,8+,9+,12+/m1/s1. The Labute approximate surface area is 176 Å². The minimum absolute atomic E-state index is 0.304. The highest BCUT2D eigenvalue weighted by molar-refractivity contribution is 5.95. The van der Waals surface area contributed by atoms with E-state index in [2.05, 4.69) is 10.6 Å². The molecule has 0 spiro atoms. The number of carbonyl (C=O) groups is 6. The second kappa shape index (κ2) is 13.1. The molecule has 0 aromatic rings. The van der Waals surface area contributed by atoms with Crippen LogP contribution < -0.4 is 33.2 Å². The van der Waals surface area contributed by atoms with E-state index in [4.69, 9.17) is 22.3 Å². The monoisotopic (exact) mass is 448 g/mol. The number of nitrogens with one attached hydrogen (secondary N) is 3. The van der Waals surface area contributed by atoms with Gasteiger partial charge < -0.3 is 48.5 Å². The van der Waals surface area contributed by atoms with Crippen molar-refractivity contribution in [3.8, 4) is 0 Å². The lowest BCUT2D eigenvalue weighted by atomic mass is 10.1. The average molecular weight is 448 g/mol. The third kappa shape index (κ3) is 10.3. The second-order valence-corrected chi connectivity index (χ2v) is 6.65. The molecule has 0 aromatic carbocycles. The van der Waals surface area contributed by atoms with Crippen LogP contribution in [0.4, 0.5) is 0 Å². The first-order valence-electron chi connectivity index (χ1n) is 9.05. The number of carbonyl (C=O) groups excluding carboxylic acids is 5. The number of carboxylic acid groups (broad SMARTS) is 1. The smallest absolute Gasteiger partial charge is 0.328 e. The van der Waals surface area contributed by atoms with Crippen molar-refractivity contribution < 1.29 is 44.1 Å². The minimum Gasteiger partial charge on any atom is -0.480 e. The van der Waals surface area contributed by atoms with Crippen molar-refractivity contribution in [2.45, 2.75) is 56.5 Å². The van der Waals surface area contributed by atoms with Gasteiger partial charge in [-0.2, -0.15) is 0 Å². The Morgan fingerprint density at radius 1 is 0.871 bits per heavy atom. The van der Waals surface area contributed by atoms with Crippen LogP contribution in [-0.2, 0) is 28.8 Å². The number of rotatable bonds is 14. The molecule has 0 aliphatic rings. The molecule has 5 atom stereocenters. The number of aliphatic carboxylic acids is 1. The molecule has 15 heteroatoms. The van der Waals surface area contributed by atoms with Crippen molar-refractivity contribution in [1.29, 1.82) is 0 Å². The molecule has 0 radical (unpaired) electrons. The van der Waals surface area contributed by atoms with E-state index in [9.17, 15) is 39.0 Å². The fraction of sp³-hybridized carbons (Fsp3) is 0.625. The van der Waals surface area contributed by atoms with Crippen LogP contribution in [0.2, 0.25) is 0 Å². The number of carboxylic acids is 1. The second-order valence-electron chi connectivity index (χ2n) is 6.65. The van der Waals surface area contributed by atoms with Gasteiger partial charge in [0.15, 0.2) is 6.04 Å². The first-order valence-corrected chi connectivity index (χ1v) is 9.05. The summed E-state index contributed by atoms with van der Waals surface area (Å²) in [5.41, 5.74) is 15.5. The van der Waals surface area contributed by atoms with Crippen LogP contribution in [0.15, 0.2) is 0 Å². The summed E-state index contributed by atoms with van der Waals surface area (Å²) in [5.74, 6) is -6.33. The van der Waals surface area contributed by atoms with Gasteiger partial charge in [0, 0.05) is 6.42 Å². The maximum Gasteiger partial charge on any atom is 0.328 e. The summed E-state index contributed by atoms with van der Waals surface area (Å²) in [5, 5.41) is 34.0. The van der Waals surface area contributed by atoms with E-state index in [1.807, 2.05) is 5.32 Å². The lowest BCUT2D eigenvalue weighted by molar-refractivity contribution is -0.145. The van der Waals surface area contributed by atoms with Crippen LogP contribution in [0.5, 0.6) is 0 Å². The molecule has 0 unspecified atom stereocenters. The van der Waals surface area contributed by atoms with E-state index in [0.29, 0.717) is 0 Å². The van der Waals surface area contributed by atoms with Crippen LogP contribution >= 0.6 is 0 Å². The highest BCUT2D eigenvalue weighted by Crippen LogP contribution is 2.01. The molecule has 0 aliphatic heterocycles. The van der Waals surface area contributed by atoms with Gasteiger partial charge in [0.05, 0.1) is 25.2 Å². The lowest BCUT2D eigenvalue weighted by Crippen LogP contribution is -2.59. The van der Waals surface area contributed by atoms with Gasteiger partial charge in [0.25, 0.3) is 0 Å². The van der Waals surface area contributed by atoms with Crippen LogP contribution in [0, 0.1) is 0 Å². The van der Waals surface area contributed by atoms with Crippen LogP contribution in [0.3, 0.4) is 0 Å². The van der Waals surface area contributed by atoms with Crippen molar-refractivity contribution in [3.05, 3.63) is 0 Å². The number of amides is 5. The molecule has 0 saturated heterocycles. The molecule has 15 nitrogen and oxygen atoms in total. The summed E-state index contributed by atoms with van der Waals surface area (Å²) in [6, 6.07) is -6.19. The van der Waals surface area contributed by atoms with Crippen LogP contribution in [0.25, 0.3) is 0 Å². The highest BCUT2D eigenvalue weighted by atomic mass is 16.4. The predicted octanol–water partition coefficient (Wildman–Crippen LogP) is -5.63. The molecule has 5 amide bonds. The summed E-state index contributed by atoms with van der Waals surface area (Å²) in [6.07, 6.45) is -2.65. The molecule has 12 N–H and O–H groups in total. The van der Waals surface area contributed by atoms with Gasteiger partial charge in [-0.05, 0) is 13.3 Å². The van der Waals surface area contributed by atoms with Crippen molar-refractivity contribution in [1.82, 2.24) is 16.0 Å². The maximum absolute atomic E-state index is 12.5. The van der Waals surface area contributed by atoms with E-state index >= 15 is 0 Å². The van der Waals surface area contributed by atoms with Crippen molar-refractivity contribution in [3.63, 3.8) is 0 Å². The number of aliphatic hydroxyl groups excluding tert-OH is 2. The van der Waals surface area contributed by atoms with Crippen LogP contribution in [-0.4, -0.2) is 87.7 Å². The summed E-state index contributed by atoms with van der Waals surface area (Å²) >= 11 is 0. The molecule has 0 aromatic heterocycles. The van der Waals surface area contributed by atoms with Gasteiger partial charge in [-0.1, -0.05) is 0 Å². The molecule has 0 heterocycles. The molecule has 31 heavy (non-hydrogen) atoms. The predicted molar refractivity (Wildman–Crippen MR) is 102 cm³/mol. The zero-order valence-corrected chi connectivity index (χ0v) is 16.7. The topological polar surface area (TPSA) is 277 Å². The van der Waals surface area contributed by atoms with E-state index in [-0.39, 0.29) is 12.8 Å². The maximum atomic E-state index is 12.5. The Morgan fingerprint density at radius 2 is 1.39 bits per heavy atom. The molecule has 0 bridgehead atoms. The summed E-state index contributed by atoms with van der Waals surface area (Å²) in [4.78, 5) is 69.7. The first kappa shape index (κ1) is 27.7. The first-order chi connectivity index (χ1) is 14.3. The molecular weight excluding hydrogens is 420 g/mol. The number of nitrogens with two attached hydrogens (primary N) is 3. The third-order valence-electron chi connectivity index (χ3n) is 3.93. The highest BCUT2D eigenvalue weighted by Gasteiger charge is 2.31. The van der Waals surface area contributed by atoms with E-state index in [1.54, 1.807) is 0 Å². The number of primary amides is 2. The van der Waals surface area contributed by atoms with E-state index in [1.165, 1.54) is 0 Å². The molecule has 176 valence electrons. The van der Waals surface area contributed by atoms with Gasteiger partial charge >= 0.3 is 5.97 Å².